The summed E-state index contributed by atoms with van der Waals surface area (Å²) < 4.78 is 7.89. The fraction of sp³-hybridized carbons (Fsp3) is 0.538. The number of fused-ring (bicyclic) bond motifs is 12. The standard InChI is InChI=1S/C78H97BN2O/c1-47-54-28-23-50(71(5,6)7)41-58(54)78(18)32-20-19-31-77(78,17)46-56(47)48-39-64-67-65(40-48)81(53-27-29-57-59(43-53)74(13,14)34-33-73(57,11)12)68-55-44-60-61(76(16)37-35-75(60,15)36-38-76)45-66(55)82-69(68)79(67)62-42-51(72(8,9)10)24-30-63(62)80(64)52-25-21-49(22-26-52)70(2,3)4/h21-30,39-45,47,56-57,59H,19-20,31-38,46H2,1-18H3/t47?,56?,57-,59?,75?,76?,77?,78?/m0/s1. The van der Waals surface area contributed by atoms with E-state index in [1.165, 1.54) is 142 Å². The van der Waals surface area contributed by atoms with Crippen LogP contribution in [0.2, 0.25) is 0 Å². The summed E-state index contributed by atoms with van der Waals surface area (Å²) in [4.78, 5) is 5.50. The Morgan fingerprint density at radius 3 is 1.77 bits per heavy atom. The highest BCUT2D eigenvalue weighted by atomic mass is 16.3. The van der Waals surface area contributed by atoms with Crippen molar-refractivity contribution in [1.29, 1.82) is 0 Å². The number of rotatable bonds is 3. The van der Waals surface area contributed by atoms with Gasteiger partial charge in [-0.3, -0.25) is 0 Å². The van der Waals surface area contributed by atoms with Crippen LogP contribution in [-0.2, 0) is 32.5 Å². The van der Waals surface area contributed by atoms with E-state index in [9.17, 15) is 0 Å². The van der Waals surface area contributed by atoms with Crippen molar-refractivity contribution < 1.29 is 4.42 Å². The van der Waals surface area contributed by atoms with Crippen LogP contribution in [0, 0.1) is 28.1 Å². The van der Waals surface area contributed by atoms with E-state index in [0.717, 1.165) is 17.7 Å². The molecule has 9 aliphatic rings. The number of benzene rings is 5. The Labute approximate surface area is 495 Å². The van der Waals surface area contributed by atoms with Crippen molar-refractivity contribution in [2.75, 3.05) is 9.80 Å². The summed E-state index contributed by atoms with van der Waals surface area (Å²) in [5.74, 6) is 1.45. The summed E-state index contributed by atoms with van der Waals surface area (Å²) >= 11 is 0. The van der Waals surface area contributed by atoms with Gasteiger partial charge < -0.3 is 14.2 Å². The smallest absolute Gasteiger partial charge is 0.297 e. The second-order valence-electron chi connectivity index (χ2n) is 34.0. The fourth-order valence-electron chi connectivity index (χ4n) is 18.6. The van der Waals surface area contributed by atoms with Crippen molar-refractivity contribution in [1.82, 2.24) is 0 Å². The first-order valence-corrected chi connectivity index (χ1v) is 32.5. The number of anilines is 5. The first kappa shape index (κ1) is 54.7. The summed E-state index contributed by atoms with van der Waals surface area (Å²) in [6.07, 6.45) is 21.7. The SMILES string of the molecule is CC1c2ccc(C(C)(C)C)cc2C2(C)CCCCC2(C)CC1c1cc2c3c(c1)N(c1ccc(C(C)(C)C)cc1)c1ccc(C(C)(C)C)cc1B3c1oc3cc4c(cc3c1N2C1=CC2[C@H](C=C1)C(C)(C)CCC2(C)C)C1(C)CCC4(C)CC1. The topological polar surface area (TPSA) is 19.6 Å². The Morgan fingerprint density at radius 2 is 1.12 bits per heavy atom. The van der Waals surface area contributed by atoms with E-state index in [0.29, 0.717) is 17.8 Å². The summed E-state index contributed by atoms with van der Waals surface area (Å²) in [6.45, 7) is 44.6. The molecule has 0 saturated heterocycles. The predicted octanol–water partition coefficient (Wildman–Crippen LogP) is 19.8. The molecule has 3 saturated carbocycles. The molecule has 2 bridgehead atoms. The molecule has 7 aliphatic carbocycles. The summed E-state index contributed by atoms with van der Waals surface area (Å²) in [5, 5.41) is 1.29. The third-order valence-electron chi connectivity index (χ3n) is 24.8. The molecule has 3 nitrogen and oxygen atoms in total. The molecular formula is C78H97BN2O. The highest BCUT2D eigenvalue weighted by Crippen LogP contribution is 2.64. The van der Waals surface area contributed by atoms with Gasteiger partial charge in [0, 0.05) is 33.8 Å². The molecule has 3 fully saturated rings. The van der Waals surface area contributed by atoms with Gasteiger partial charge in [-0.25, -0.2) is 0 Å². The van der Waals surface area contributed by atoms with Gasteiger partial charge in [-0.1, -0.05) is 192 Å². The van der Waals surface area contributed by atoms with Crippen molar-refractivity contribution >= 4 is 62.7 Å². The van der Waals surface area contributed by atoms with E-state index in [4.69, 9.17) is 4.42 Å². The van der Waals surface area contributed by atoms with E-state index in [1.807, 2.05) is 0 Å². The number of hydrogen-bond donors (Lipinski definition) is 0. The van der Waals surface area contributed by atoms with Crippen molar-refractivity contribution in [2.45, 2.75) is 240 Å². The Kier molecular flexibility index (Phi) is 11.7. The van der Waals surface area contributed by atoms with E-state index < -0.39 is 0 Å². The molecule has 82 heavy (non-hydrogen) atoms. The minimum Gasteiger partial charge on any atom is -0.468 e. The monoisotopic (exact) mass is 1090 g/mol. The van der Waals surface area contributed by atoms with Gasteiger partial charge >= 0.3 is 0 Å². The normalized spacial score (nSPS) is 30.4. The molecule has 6 atom stereocenters. The number of nitrogens with zero attached hydrogens (tertiary/aromatic N) is 2. The van der Waals surface area contributed by atoms with Crippen LogP contribution >= 0.6 is 0 Å². The first-order chi connectivity index (χ1) is 38.3. The molecule has 3 heterocycles. The molecule has 15 rings (SSSR count). The highest BCUT2D eigenvalue weighted by Gasteiger charge is 2.56. The molecule has 1 aromatic heterocycles. The quantitative estimate of drug-likeness (QED) is 0.164. The van der Waals surface area contributed by atoms with Crippen LogP contribution in [-0.4, -0.2) is 6.71 Å². The van der Waals surface area contributed by atoms with Gasteiger partial charge in [0.1, 0.15) is 5.58 Å². The van der Waals surface area contributed by atoms with E-state index >= 15 is 0 Å². The van der Waals surface area contributed by atoms with Gasteiger partial charge in [-0.2, -0.15) is 0 Å². The molecule has 4 heteroatoms. The van der Waals surface area contributed by atoms with E-state index in [1.54, 1.807) is 16.7 Å². The lowest BCUT2D eigenvalue weighted by Crippen LogP contribution is -2.61. The molecular weight excluding hydrogens is 992 g/mol. The number of allylic oxidation sites excluding steroid dienone is 3. The van der Waals surface area contributed by atoms with Crippen LogP contribution in [0.4, 0.5) is 28.4 Å². The lowest BCUT2D eigenvalue weighted by Gasteiger charge is -2.52. The lowest BCUT2D eigenvalue weighted by molar-refractivity contribution is 0.0327. The molecule has 0 N–H and O–H groups in total. The molecule has 428 valence electrons. The lowest BCUT2D eigenvalue weighted by atomic mass is 9.35. The van der Waals surface area contributed by atoms with Crippen molar-refractivity contribution in [3.8, 4) is 0 Å². The third-order valence-corrected chi connectivity index (χ3v) is 24.8. The van der Waals surface area contributed by atoms with Gasteiger partial charge in [-0.15, -0.1) is 0 Å². The molecule has 6 aromatic rings. The zero-order valence-corrected chi connectivity index (χ0v) is 53.8. The van der Waals surface area contributed by atoms with Gasteiger partial charge in [0.05, 0.1) is 11.3 Å². The average Bonchev–Trinajstić information content (AvgIpc) is 1.67. The maximum atomic E-state index is 7.89. The average molecular weight is 1090 g/mol. The van der Waals surface area contributed by atoms with Crippen molar-refractivity contribution in [3.05, 3.63) is 153 Å². The second kappa shape index (κ2) is 17.5. The van der Waals surface area contributed by atoms with Gasteiger partial charge in [0.15, 0.2) is 0 Å². The van der Waals surface area contributed by atoms with Gasteiger partial charge in [0.25, 0.3) is 6.71 Å². The number of furan rings is 1. The molecule has 5 aromatic carbocycles. The first-order valence-electron chi connectivity index (χ1n) is 32.5. The van der Waals surface area contributed by atoms with Crippen molar-refractivity contribution in [2.24, 2.45) is 28.1 Å². The predicted molar refractivity (Wildman–Crippen MR) is 351 cm³/mol. The highest BCUT2D eigenvalue weighted by molar-refractivity contribution is 7.00. The Hall–Kier alpha value is -5.22. The largest absolute Gasteiger partial charge is 0.468 e. The second-order valence-corrected chi connectivity index (χ2v) is 34.0. The Bertz CT molecular complexity index is 3700. The zero-order valence-electron chi connectivity index (χ0n) is 53.8. The fourth-order valence-corrected chi connectivity index (χ4v) is 18.6. The maximum absolute atomic E-state index is 7.89. The molecule has 0 amide bonds. The maximum Gasteiger partial charge on any atom is 0.297 e. The molecule has 0 spiro atoms. The van der Waals surface area contributed by atoms with Crippen LogP contribution in [0.1, 0.15) is 252 Å². The van der Waals surface area contributed by atoms with Crippen LogP contribution in [0.5, 0.6) is 0 Å². The van der Waals surface area contributed by atoms with E-state index in [2.05, 4.69) is 238 Å². The third kappa shape index (κ3) is 7.85. The van der Waals surface area contributed by atoms with Crippen LogP contribution in [0.25, 0.3) is 11.0 Å². The van der Waals surface area contributed by atoms with E-state index in [-0.39, 0.29) is 61.4 Å². The minimum atomic E-state index is -0.117. The van der Waals surface area contributed by atoms with Crippen LogP contribution in [0.15, 0.2) is 113 Å². The minimum absolute atomic E-state index is 0.0293. The zero-order chi connectivity index (χ0) is 58.0. The Balaban J connectivity index is 1.10. The summed E-state index contributed by atoms with van der Waals surface area (Å²) in [5.41, 5.74) is 25.4. The van der Waals surface area contributed by atoms with Gasteiger partial charge in [0.2, 0.25) is 0 Å². The van der Waals surface area contributed by atoms with Crippen LogP contribution < -0.4 is 26.4 Å². The summed E-state index contributed by atoms with van der Waals surface area (Å²) in [7, 11) is 0. The van der Waals surface area contributed by atoms with Crippen molar-refractivity contribution in [3.63, 3.8) is 0 Å². The van der Waals surface area contributed by atoms with Gasteiger partial charge in [-0.05, 0) is 234 Å². The summed E-state index contributed by atoms with van der Waals surface area (Å²) in [6, 6.07) is 35.7. The Morgan fingerprint density at radius 1 is 0.549 bits per heavy atom. The molecule has 0 radical (unpaired) electrons. The molecule has 2 aliphatic heterocycles. The number of hydrogen-bond acceptors (Lipinski definition) is 3. The van der Waals surface area contributed by atoms with Crippen LogP contribution in [0.3, 0.4) is 0 Å². The molecule has 5 unspecified atom stereocenters.